The third-order valence-electron chi connectivity index (χ3n) is 2.93. The first kappa shape index (κ1) is 17.6. The SMILES string of the molecule is COCCS(=O)(=O)CCCC(=O)Nc1ccc(CN)cc1. The number of carbonyl (C=O) groups is 1. The Balaban J connectivity index is 2.33. The highest BCUT2D eigenvalue weighted by Crippen LogP contribution is 2.10. The highest BCUT2D eigenvalue weighted by atomic mass is 32.2. The Bertz CT molecular complexity index is 541. The number of nitrogens with two attached hydrogens (primary N) is 1. The van der Waals surface area contributed by atoms with Gasteiger partial charge in [0, 0.05) is 25.8 Å². The van der Waals surface area contributed by atoms with Crippen LogP contribution in [0.5, 0.6) is 0 Å². The minimum absolute atomic E-state index is 0.00408. The Morgan fingerprint density at radius 1 is 1.24 bits per heavy atom. The van der Waals surface area contributed by atoms with Gasteiger partial charge in [-0.15, -0.1) is 0 Å². The average molecular weight is 314 g/mol. The second-order valence-corrected chi connectivity index (χ2v) is 7.00. The fourth-order valence-electron chi connectivity index (χ4n) is 1.71. The molecule has 0 aliphatic heterocycles. The first-order valence-corrected chi connectivity index (χ1v) is 8.57. The molecule has 0 saturated heterocycles. The van der Waals surface area contributed by atoms with Crippen molar-refractivity contribution in [3.8, 4) is 0 Å². The van der Waals surface area contributed by atoms with Gasteiger partial charge >= 0.3 is 0 Å². The third-order valence-corrected chi connectivity index (χ3v) is 4.63. The van der Waals surface area contributed by atoms with E-state index in [0.29, 0.717) is 18.7 Å². The molecule has 0 spiro atoms. The van der Waals surface area contributed by atoms with Crippen LogP contribution in [-0.4, -0.2) is 39.5 Å². The molecule has 118 valence electrons. The molecule has 21 heavy (non-hydrogen) atoms. The molecule has 7 heteroatoms. The number of amides is 1. The van der Waals surface area contributed by atoms with Gasteiger partial charge in [-0.3, -0.25) is 4.79 Å². The Kier molecular flexibility index (Phi) is 7.35. The highest BCUT2D eigenvalue weighted by molar-refractivity contribution is 7.91. The van der Waals surface area contributed by atoms with Crippen LogP contribution in [0.2, 0.25) is 0 Å². The fourth-order valence-corrected chi connectivity index (χ4v) is 2.92. The molecular weight excluding hydrogens is 292 g/mol. The largest absolute Gasteiger partial charge is 0.384 e. The molecule has 0 atom stereocenters. The molecule has 1 rings (SSSR count). The summed E-state index contributed by atoms with van der Waals surface area (Å²) in [6, 6.07) is 7.22. The zero-order valence-corrected chi connectivity index (χ0v) is 13.0. The third kappa shape index (κ3) is 7.22. The molecule has 3 N–H and O–H groups in total. The molecule has 6 nitrogen and oxygen atoms in total. The zero-order chi connectivity index (χ0) is 15.7. The summed E-state index contributed by atoms with van der Waals surface area (Å²) in [4.78, 5) is 11.7. The molecule has 0 unspecified atom stereocenters. The average Bonchev–Trinajstić information content (AvgIpc) is 2.46. The molecule has 1 aromatic rings. The van der Waals surface area contributed by atoms with Crippen molar-refractivity contribution in [2.45, 2.75) is 19.4 Å². The van der Waals surface area contributed by atoms with Crippen molar-refractivity contribution in [3.63, 3.8) is 0 Å². The topological polar surface area (TPSA) is 98.5 Å². The number of hydrogen-bond acceptors (Lipinski definition) is 5. The van der Waals surface area contributed by atoms with Crippen molar-refractivity contribution in [1.29, 1.82) is 0 Å². The zero-order valence-electron chi connectivity index (χ0n) is 12.2. The van der Waals surface area contributed by atoms with Crippen molar-refractivity contribution in [2.24, 2.45) is 5.73 Å². The number of anilines is 1. The second-order valence-electron chi connectivity index (χ2n) is 4.70. The molecular formula is C14H22N2O4S. The Labute approximate surface area is 125 Å². The summed E-state index contributed by atoms with van der Waals surface area (Å²) in [5.74, 6) is -0.209. The first-order chi connectivity index (χ1) is 9.96. The first-order valence-electron chi connectivity index (χ1n) is 6.75. The number of nitrogens with one attached hydrogen (secondary N) is 1. The molecule has 0 heterocycles. The molecule has 0 fully saturated rings. The van der Waals surface area contributed by atoms with E-state index in [2.05, 4.69) is 5.32 Å². The molecule has 0 saturated carbocycles. The highest BCUT2D eigenvalue weighted by Gasteiger charge is 2.11. The van der Waals surface area contributed by atoms with Crippen LogP contribution in [0.4, 0.5) is 5.69 Å². The lowest BCUT2D eigenvalue weighted by molar-refractivity contribution is -0.116. The van der Waals surface area contributed by atoms with E-state index in [-0.39, 0.29) is 30.4 Å². The minimum atomic E-state index is -3.14. The van der Waals surface area contributed by atoms with E-state index in [9.17, 15) is 13.2 Å². The van der Waals surface area contributed by atoms with E-state index in [1.54, 1.807) is 12.1 Å². The van der Waals surface area contributed by atoms with Crippen LogP contribution in [0, 0.1) is 0 Å². The summed E-state index contributed by atoms with van der Waals surface area (Å²) in [5.41, 5.74) is 7.15. The summed E-state index contributed by atoms with van der Waals surface area (Å²) >= 11 is 0. The summed E-state index contributed by atoms with van der Waals surface area (Å²) in [6.45, 7) is 0.635. The van der Waals surface area contributed by atoms with Crippen LogP contribution >= 0.6 is 0 Å². The van der Waals surface area contributed by atoms with Gasteiger partial charge < -0.3 is 15.8 Å². The number of sulfone groups is 1. The fraction of sp³-hybridized carbons (Fsp3) is 0.500. The normalized spacial score (nSPS) is 11.3. The predicted molar refractivity (Wildman–Crippen MR) is 82.7 cm³/mol. The van der Waals surface area contributed by atoms with Gasteiger partial charge in [0.15, 0.2) is 9.84 Å². The molecule has 1 amide bonds. The van der Waals surface area contributed by atoms with Gasteiger partial charge in [0.05, 0.1) is 18.1 Å². The van der Waals surface area contributed by atoms with Gasteiger partial charge in [0.1, 0.15) is 0 Å². The van der Waals surface area contributed by atoms with Crippen molar-refractivity contribution in [3.05, 3.63) is 29.8 Å². The number of methoxy groups -OCH3 is 1. The van der Waals surface area contributed by atoms with E-state index >= 15 is 0 Å². The number of benzene rings is 1. The summed E-state index contributed by atoms with van der Waals surface area (Å²) < 4.78 is 27.9. The van der Waals surface area contributed by atoms with Gasteiger partial charge in [0.25, 0.3) is 0 Å². The van der Waals surface area contributed by atoms with Crippen molar-refractivity contribution >= 4 is 21.4 Å². The van der Waals surface area contributed by atoms with E-state index in [4.69, 9.17) is 10.5 Å². The van der Waals surface area contributed by atoms with Crippen molar-refractivity contribution in [1.82, 2.24) is 0 Å². The van der Waals surface area contributed by atoms with Crippen LogP contribution < -0.4 is 11.1 Å². The molecule has 0 radical (unpaired) electrons. The summed E-state index contributed by atoms with van der Waals surface area (Å²) in [5, 5.41) is 2.72. The quantitative estimate of drug-likeness (QED) is 0.706. The Hall–Kier alpha value is -1.44. The second kappa shape index (κ2) is 8.76. The smallest absolute Gasteiger partial charge is 0.224 e. The van der Waals surface area contributed by atoms with Gasteiger partial charge in [-0.25, -0.2) is 8.42 Å². The van der Waals surface area contributed by atoms with E-state index in [1.165, 1.54) is 7.11 Å². The number of carbonyl (C=O) groups excluding carboxylic acids is 1. The lowest BCUT2D eigenvalue weighted by Crippen LogP contribution is -2.17. The van der Waals surface area contributed by atoms with Crippen LogP contribution in [-0.2, 0) is 25.9 Å². The van der Waals surface area contributed by atoms with Gasteiger partial charge in [-0.1, -0.05) is 12.1 Å². The minimum Gasteiger partial charge on any atom is -0.384 e. The van der Waals surface area contributed by atoms with Crippen LogP contribution in [0.15, 0.2) is 24.3 Å². The maximum atomic E-state index is 11.7. The maximum absolute atomic E-state index is 11.7. The van der Waals surface area contributed by atoms with E-state index in [0.717, 1.165) is 5.56 Å². The van der Waals surface area contributed by atoms with Crippen molar-refractivity contribution < 1.29 is 17.9 Å². The van der Waals surface area contributed by atoms with Crippen LogP contribution in [0.1, 0.15) is 18.4 Å². The number of ether oxygens (including phenoxy) is 1. The predicted octanol–water partition coefficient (Wildman–Crippen LogP) is 0.925. The Morgan fingerprint density at radius 3 is 2.48 bits per heavy atom. The lowest BCUT2D eigenvalue weighted by atomic mass is 10.2. The van der Waals surface area contributed by atoms with E-state index < -0.39 is 9.84 Å². The molecule has 0 aromatic heterocycles. The number of rotatable bonds is 9. The van der Waals surface area contributed by atoms with Crippen LogP contribution in [0.25, 0.3) is 0 Å². The molecule has 0 aliphatic rings. The van der Waals surface area contributed by atoms with Crippen molar-refractivity contribution in [2.75, 3.05) is 30.5 Å². The maximum Gasteiger partial charge on any atom is 0.224 e. The van der Waals surface area contributed by atoms with Gasteiger partial charge in [0.2, 0.25) is 5.91 Å². The Morgan fingerprint density at radius 2 is 1.90 bits per heavy atom. The van der Waals surface area contributed by atoms with Crippen LogP contribution in [0.3, 0.4) is 0 Å². The number of hydrogen-bond donors (Lipinski definition) is 2. The van der Waals surface area contributed by atoms with Gasteiger partial charge in [-0.05, 0) is 24.1 Å². The summed E-state index contributed by atoms with van der Waals surface area (Å²) in [6.07, 6.45) is 0.476. The molecule has 1 aromatic carbocycles. The molecule has 0 aliphatic carbocycles. The van der Waals surface area contributed by atoms with Gasteiger partial charge in [-0.2, -0.15) is 0 Å². The summed E-state index contributed by atoms with van der Waals surface area (Å²) in [7, 11) is -1.68. The molecule has 0 bridgehead atoms. The lowest BCUT2D eigenvalue weighted by Gasteiger charge is -2.06. The van der Waals surface area contributed by atoms with E-state index in [1.807, 2.05) is 12.1 Å². The monoisotopic (exact) mass is 314 g/mol. The standard InChI is InChI=1S/C14H22N2O4S/c1-20-8-10-21(18,19)9-2-3-14(17)16-13-6-4-12(11-15)5-7-13/h4-7H,2-3,8-11,15H2,1H3,(H,16,17).